The highest BCUT2D eigenvalue weighted by Gasteiger charge is 2.35. The minimum Gasteiger partial charge on any atom is -0.465 e. The third-order valence-corrected chi connectivity index (χ3v) is 5.11. The first-order valence-electron chi connectivity index (χ1n) is 8.99. The SMILES string of the molecule is O=C(O)NCC(=O)n1ccc2cc(CC=C(c3cc(Cl)c(F)c(Cl)c3)C(F)(F)F)ccc21. The maximum Gasteiger partial charge on any atom is 0.416 e. The lowest BCUT2D eigenvalue weighted by Crippen LogP contribution is -2.30. The Morgan fingerprint density at radius 2 is 1.75 bits per heavy atom. The molecule has 11 heteroatoms. The van der Waals surface area contributed by atoms with Gasteiger partial charge in [0.2, 0.25) is 0 Å². The normalized spacial score (nSPS) is 12.2. The summed E-state index contributed by atoms with van der Waals surface area (Å²) in [7, 11) is 0. The zero-order chi connectivity index (χ0) is 23.6. The van der Waals surface area contributed by atoms with Gasteiger partial charge in [-0.05, 0) is 47.9 Å². The first kappa shape index (κ1) is 23.6. The van der Waals surface area contributed by atoms with Gasteiger partial charge in [0.05, 0.1) is 21.1 Å². The van der Waals surface area contributed by atoms with Crippen LogP contribution in [0.2, 0.25) is 10.0 Å². The maximum absolute atomic E-state index is 13.6. The summed E-state index contributed by atoms with van der Waals surface area (Å²) in [6, 6.07) is 8.02. The van der Waals surface area contributed by atoms with Crippen LogP contribution in [-0.2, 0) is 6.42 Å². The van der Waals surface area contributed by atoms with Crippen molar-refractivity contribution in [1.29, 1.82) is 0 Å². The average molecular weight is 489 g/mol. The van der Waals surface area contributed by atoms with Crippen molar-refractivity contribution >= 4 is 51.7 Å². The number of benzene rings is 2. The monoisotopic (exact) mass is 488 g/mol. The second-order valence-electron chi connectivity index (χ2n) is 6.70. The molecule has 0 aliphatic carbocycles. The molecular weight excluding hydrogens is 475 g/mol. The Bertz CT molecular complexity index is 1210. The van der Waals surface area contributed by atoms with E-state index in [1.807, 2.05) is 5.32 Å². The fraction of sp³-hybridized carbons (Fsp3) is 0.143. The molecule has 3 aromatic rings. The van der Waals surface area contributed by atoms with Gasteiger partial charge in [-0.3, -0.25) is 9.36 Å². The van der Waals surface area contributed by atoms with E-state index in [1.54, 1.807) is 24.3 Å². The molecule has 0 saturated carbocycles. The zero-order valence-electron chi connectivity index (χ0n) is 16.0. The number of allylic oxidation sites excluding steroid dienone is 2. The summed E-state index contributed by atoms with van der Waals surface area (Å²) in [5.74, 6) is -1.51. The topological polar surface area (TPSA) is 71.3 Å². The van der Waals surface area contributed by atoms with Crippen molar-refractivity contribution in [3.63, 3.8) is 0 Å². The summed E-state index contributed by atoms with van der Waals surface area (Å²) in [6.45, 7) is -0.429. The minimum atomic E-state index is -4.73. The van der Waals surface area contributed by atoms with Gasteiger partial charge in [-0.25, -0.2) is 9.18 Å². The highest BCUT2D eigenvalue weighted by molar-refractivity contribution is 6.35. The Balaban J connectivity index is 1.90. The molecule has 1 aromatic heterocycles. The third kappa shape index (κ3) is 5.23. The summed E-state index contributed by atoms with van der Waals surface area (Å²) in [6.07, 6.45) is -3.80. The number of nitrogens with zero attached hydrogens (tertiary/aromatic N) is 1. The van der Waals surface area contributed by atoms with Crippen LogP contribution in [0.25, 0.3) is 16.5 Å². The first-order valence-corrected chi connectivity index (χ1v) is 9.75. The summed E-state index contributed by atoms with van der Waals surface area (Å²) in [4.78, 5) is 22.7. The molecule has 0 unspecified atom stereocenters. The molecule has 0 saturated heterocycles. The van der Waals surface area contributed by atoms with Crippen LogP contribution in [0.3, 0.4) is 0 Å². The molecule has 3 rings (SSSR count). The van der Waals surface area contributed by atoms with Crippen LogP contribution in [0, 0.1) is 5.82 Å². The Kier molecular flexibility index (Phi) is 6.80. The van der Waals surface area contributed by atoms with Gasteiger partial charge in [-0.2, -0.15) is 13.2 Å². The van der Waals surface area contributed by atoms with Crippen molar-refractivity contribution in [3.05, 3.63) is 75.7 Å². The second-order valence-corrected chi connectivity index (χ2v) is 7.52. The fourth-order valence-corrected chi connectivity index (χ4v) is 3.59. The van der Waals surface area contributed by atoms with Crippen molar-refractivity contribution in [1.82, 2.24) is 9.88 Å². The van der Waals surface area contributed by atoms with E-state index in [0.717, 1.165) is 18.2 Å². The van der Waals surface area contributed by atoms with Crippen molar-refractivity contribution < 1.29 is 32.3 Å². The number of nitrogens with one attached hydrogen (secondary N) is 1. The molecule has 1 amide bonds. The Morgan fingerprint density at radius 1 is 1.09 bits per heavy atom. The lowest BCUT2D eigenvalue weighted by atomic mass is 10.0. The smallest absolute Gasteiger partial charge is 0.416 e. The molecule has 2 N–H and O–H groups in total. The fourth-order valence-electron chi connectivity index (χ4n) is 3.10. The lowest BCUT2D eigenvalue weighted by molar-refractivity contribution is -0.0690. The maximum atomic E-state index is 13.6. The van der Waals surface area contributed by atoms with Gasteiger partial charge in [0.1, 0.15) is 6.54 Å². The van der Waals surface area contributed by atoms with Crippen molar-refractivity contribution in [3.8, 4) is 0 Å². The predicted molar refractivity (Wildman–Crippen MR) is 113 cm³/mol. The number of alkyl halides is 3. The van der Waals surface area contributed by atoms with E-state index >= 15 is 0 Å². The van der Waals surface area contributed by atoms with Crippen molar-refractivity contribution in [2.75, 3.05) is 6.54 Å². The molecule has 168 valence electrons. The largest absolute Gasteiger partial charge is 0.465 e. The Hall–Kier alpha value is -3.04. The lowest BCUT2D eigenvalue weighted by Gasteiger charge is -2.14. The number of carboxylic acid groups (broad SMARTS) is 1. The first-order chi connectivity index (χ1) is 15.0. The van der Waals surface area contributed by atoms with Crippen LogP contribution in [-0.4, -0.2) is 34.4 Å². The standard InChI is InChI=1S/C21H14Cl2F4N2O3/c22-15-8-13(9-16(23)19(15)24)14(21(25,26)27)3-1-11-2-4-17-12(7-11)5-6-29(17)18(30)10-28-20(31)32/h2-9,28H,1,10H2,(H,31,32). The summed E-state index contributed by atoms with van der Waals surface area (Å²) >= 11 is 11.3. The molecule has 5 nitrogen and oxygen atoms in total. The summed E-state index contributed by atoms with van der Waals surface area (Å²) in [5, 5.41) is 10.1. The number of aromatic nitrogens is 1. The zero-order valence-corrected chi connectivity index (χ0v) is 17.5. The predicted octanol–water partition coefficient (Wildman–Crippen LogP) is 6.18. The molecule has 0 bridgehead atoms. The molecule has 1 heterocycles. The van der Waals surface area contributed by atoms with Gasteiger partial charge in [0, 0.05) is 11.6 Å². The summed E-state index contributed by atoms with van der Waals surface area (Å²) in [5.41, 5.74) is -0.387. The highest BCUT2D eigenvalue weighted by Crippen LogP contribution is 2.37. The van der Waals surface area contributed by atoms with Crippen LogP contribution >= 0.6 is 23.2 Å². The number of fused-ring (bicyclic) bond motifs is 1. The van der Waals surface area contributed by atoms with E-state index in [1.165, 1.54) is 10.8 Å². The van der Waals surface area contributed by atoms with Gasteiger partial charge in [0.15, 0.2) is 5.82 Å². The molecule has 0 aliphatic rings. The summed E-state index contributed by atoms with van der Waals surface area (Å²) < 4.78 is 55.7. The van der Waals surface area contributed by atoms with E-state index in [0.29, 0.717) is 16.5 Å². The van der Waals surface area contributed by atoms with Crippen LogP contribution in [0.1, 0.15) is 15.9 Å². The molecule has 0 fully saturated rings. The number of rotatable bonds is 5. The number of halogens is 6. The van der Waals surface area contributed by atoms with Crippen LogP contribution in [0.15, 0.2) is 48.7 Å². The molecule has 0 aliphatic heterocycles. The molecular formula is C21H14Cl2F4N2O3. The number of carbonyl (C=O) groups excluding carboxylic acids is 1. The molecule has 0 atom stereocenters. The van der Waals surface area contributed by atoms with Gasteiger partial charge in [-0.1, -0.05) is 35.3 Å². The minimum absolute atomic E-state index is 0.114. The van der Waals surface area contributed by atoms with Gasteiger partial charge >= 0.3 is 12.3 Å². The van der Waals surface area contributed by atoms with Crippen LogP contribution in [0.4, 0.5) is 22.4 Å². The quantitative estimate of drug-likeness (QED) is 0.332. The third-order valence-electron chi connectivity index (χ3n) is 4.56. The average Bonchev–Trinajstić information content (AvgIpc) is 3.12. The van der Waals surface area contributed by atoms with E-state index in [4.69, 9.17) is 28.3 Å². The van der Waals surface area contributed by atoms with E-state index in [2.05, 4.69) is 0 Å². The van der Waals surface area contributed by atoms with E-state index in [-0.39, 0.29) is 12.0 Å². The van der Waals surface area contributed by atoms with Crippen LogP contribution in [0.5, 0.6) is 0 Å². The van der Waals surface area contributed by atoms with E-state index < -0.39 is 46.2 Å². The van der Waals surface area contributed by atoms with Crippen molar-refractivity contribution in [2.45, 2.75) is 12.6 Å². The molecule has 0 spiro atoms. The number of amides is 1. The van der Waals surface area contributed by atoms with Gasteiger partial charge in [-0.15, -0.1) is 0 Å². The molecule has 2 aromatic carbocycles. The van der Waals surface area contributed by atoms with Crippen molar-refractivity contribution in [2.24, 2.45) is 0 Å². The Labute approximate surface area is 188 Å². The number of hydrogen-bond donors (Lipinski definition) is 2. The number of carbonyl (C=O) groups is 2. The molecule has 0 radical (unpaired) electrons. The highest BCUT2D eigenvalue weighted by atomic mass is 35.5. The van der Waals surface area contributed by atoms with Gasteiger partial charge in [0.25, 0.3) is 5.91 Å². The molecule has 32 heavy (non-hydrogen) atoms. The Morgan fingerprint density at radius 3 is 2.34 bits per heavy atom. The van der Waals surface area contributed by atoms with E-state index in [9.17, 15) is 27.2 Å². The number of hydrogen-bond acceptors (Lipinski definition) is 2. The van der Waals surface area contributed by atoms with Gasteiger partial charge < -0.3 is 10.4 Å². The van der Waals surface area contributed by atoms with Crippen LogP contribution < -0.4 is 5.32 Å². The second kappa shape index (κ2) is 9.22.